The highest BCUT2D eigenvalue weighted by Crippen LogP contribution is 2.29. The van der Waals surface area contributed by atoms with Crippen LogP contribution in [0.4, 0.5) is 10.2 Å². The summed E-state index contributed by atoms with van der Waals surface area (Å²) in [5.74, 6) is -0.524. The van der Waals surface area contributed by atoms with E-state index < -0.39 is 23.9 Å². The summed E-state index contributed by atoms with van der Waals surface area (Å²) in [4.78, 5) is 27.4. The predicted molar refractivity (Wildman–Crippen MR) is 121 cm³/mol. The van der Waals surface area contributed by atoms with Crippen molar-refractivity contribution in [2.45, 2.75) is 12.2 Å². The molecule has 3 aromatic heterocycles. The van der Waals surface area contributed by atoms with E-state index in [0.29, 0.717) is 24.3 Å². The minimum atomic E-state index is -0.979. The van der Waals surface area contributed by atoms with Gasteiger partial charge in [-0.25, -0.2) is 24.0 Å². The fourth-order valence-electron chi connectivity index (χ4n) is 3.65. The molecule has 10 nitrogen and oxygen atoms in total. The van der Waals surface area contributed by atoms with E-state index in [2.05, 4.69) is 25.4 Å². The van der Waals surface area contributed by atoms with Gasteiger partial charge in [0.1, 0.15) is 29.0 Å². The zero-order valence-corrected chi connectivity index (χ0v) is 18.4. The molecule has 1 fully saturated rings. The first-order valence-electron chi connectivity index (χ1n) is 10.4. The number of amides is 1. The van der Waals surface area contributed by atoms with Crippen molar-refractivity contribution < 1.29 is 19.0 Å². The molecule has 1 aromatic carbocycles. The summed E-state index contributed by atoms with van der Waals surface area (Å²) in [6, 6.07) is 9.46. The number of benzene rings is 1. The maximum absolute atomic E-state index is 14.5. The number of hydrogen-bond donors (Lipinski definition) is 2. The number of ether oxygens (including phenoxy) is 1. The number of carbonyl (C=O) groups is 1. The van der Waals surface area contributed by atoms with Gasteiger partial charge >= 0.3 is 0 Å². The number of fused-ring (bicyclic) bond motifs is 1. The number of β-amino-alcohol motifs (C(OH)–C–C–N with tert-alkyl or cyclic N) is 1. The molecule has 34 heavy (non-hydrogen) atoms. The molecule has 0 aliphatic carbocycles. The normalized spacial score (nSPS) is 15.1. The summed E-state index contributed by atoms with van der Waals surface area (Å²) in [5.41, 5.74) is 0.308. The number of aliphatic hydroxyl groups is 1. The average Bonchev–Trinajstić information content (AvgIpc) is 3.23. The Morgan fingerprint density at radius 1 is 1.24 bits per heavy atom. The van der Waals surface area contributed by atoms with Crippen LogP contribution in [0.1, 0.15) is 0 Å². The average molecular weight is 484 g/mol. The van der Waals surface area contributed by atoms with E-state index in [-0.39, 0.29) is 28.8 Å². The van der Waals surface area contributed by atoms with Crippen LogP contribution in [0.3, 0.4) is 0 Å². The van der Waals surface area contributed by atoms with Crippen molar-refractivity contribution in [2.24, 2.45) is 0 Å². The van der Waals surface area contributed by atoms with E-state index >= 15 is 0 Å². The molecule has 0 unspecified atom stereocenters. The predicted octanol–water partition coefficient (Wildman–Crippen LogP) is 2.07. The maximum Gasteiger partial charge on any atom is 0.268 e. The number of nitrogens with one attached hydrogen (secondary N) is 1. The maximum atomic E-state index is 14.5. The SMILES string of the molecule is O=C(Nc1ccccn1)[C@H](CN1CC(O)C1)Oc1ncnc2c1cnn2-c1c(F)cccc1Cl. The minimum absolute atomic E-state index is 0.0443. The van der Waals surface area contributed by atoms with Crippen LogP contribution in [-0.2, 0) is 4.79 Å². The highest BCUT2D eigenvalue weighted by atomic mass is 35.5. The first kappa shape index (κ1) is 22.1. The van der Waals surface area contributed by atoms with Crippen molar-refractivity contribution in [1.82, 2.24) is 29.6 Å². The molecule has 1 aliphatic heterocycles. The standard InChI is InChI=1S/C22H19ClFN7O3/c23-15-4-3-5-16(24)19(15)31-20-14(8-28-31)22(27-12-26-20)34-17(11-30-9-13(32)10-30)21(33)29-18-6-1-2-7-25-18/h1-8,12-13,17,32H,9-11H2,(H,25,29,33)/t17-/m0/s1. The fourth-order valence-corrected chi connectivity index (χ4v) is 3.89. The van der Waals surface area contributed by atoms with E-state index in [0.717, 1.165) is 0 Å². The highest BCUT2D eigenvalue weighted by molar-refractivity contribution is 6.32. The lowest BCUT2D eigenvalue weighted by Crippen LogP contribution is -2.55. The van der Waals surface area contributed by atoms with Crippen LogP contribution in [0.5, 0.6) is 5.88 Å². The Morgan fingerprint density at radius 3 is 2.82 bits per heavy atom. The molecule has 1 amide bonds. The van der Waals surface area contributed by atoms with Gasteiger partial charge in [0.05, 0.1) is 17.3 Å². The first-order valence-corrected chi connectivity index (χ1v) is 10.8. The molecule has 5 rings (SSSR count). The second-order valence-corrected chi connectivity index (χ2v) is 8.13. The van der Waals surface area contributed by atoms with Gasteiger partial charge in [0.2, 0.25) is 5.88 Å². The molecule has 0 bridgehead atoms. The minimum Gasteiger partial charge on any atom is -0.462 e. The third kappa shape index (κ3) is 4.40. The Morgan fingerprint density at radius 2 is 2.09 bits per heavy atom. The van der Waals surface area contributed by atoms with Gasteiger partial charge < -0.3 is 15.2 Å². The van der Waals surface area contributed by atoms with Crippen LogP contribution in [-0.4, -0.2) is 72.5 Å². The summed E-state index contributed by atoms with van der Waals surface area (Å²) < 4.78 is 21.8. The van der Waals surface area contributed by atoms with Gasteiger partial charge in [-0.15, -0.1) is 0 Å². The fraction of sp³-hybridized carbons (Fsp3) is 0.227. The molecule has 2 N–H and O–H groups in total. The highest BCUT2D eigenvalue weighted by Gasteiger charge is 2.32. The Balaban J connectivity index is 1.46. The van der Waals surface area contributed by atoms with Crippen LogP contribution in [0.25, 0.3) is 16.7 Å². The van der Waals surface area contributed by atoms with Gasteiger partial charge in [0, 0.05) is 25.8 Å². The molecule has 4 heterocycles. The summed E-state index contributed by atoms with van der Waals surface area (Å²) in [6.07, 6.45) is 2.82. The second kappa shape index (κ2) is 9.29. The Hall–Kier alpha value is -3.67. The number of pyridine rings is 1. The van der Waals surface area contributed by atoms with Crippen molar-refractivity contribution >= 4 is 34.4 Å². The monoisotopic (exact) mass is 483 g/mol. The van der Waals surface area contributed by atoms with E-state index in [9.17, 15) is 14.3 Å². The number of halogens is 2. The Labute approximate surface area is 198 Å². The zero-order valence-electron chi connectivity index (χ0n) is 17.7. The number of carbonyl (C=O) groups excluding carboxylic acids is 1. The molecule has 4 aromatic rings. The molecule has 12 heteroatoms. The summed E-state index contributed by atoms with van der Waals surface area (Å²) in [5, 5.41) is 17.1. The molecule has 0 radical (unpaired) electrons. The summed E-state index contributed by atoms with van der Waals surface area (Å²) in [7, 11) is 0. The second-order valence-electron chi connectivity index (χ2n) is 7.73. The largest absolute Gasteiger partial charge is 0.462 e. The number of nitrogens with zero attached hydrogens (tertiary/aromatic N) is 6. The molecule has 1 atom stereocenters. The summed E-state index contributed by atoms with van der Waals surface area (Å²) >= 11 is 6.20. The van der Waals surface area contributed by atoms with Crippen molar-refractivity contribution in [3.63, 3.8) is 0 Å². The number of hydrogen-bond acceptors (Lipinski definition) is 8. The van der Waals surface area contributed by atoms with Crippen LogP contribution < -0.4 is 10.1 Å². The molecular weight excluding hydrogens is 465 g/mol. The van der Waals surface area contributed by atoms with Gasteiger partial charge in [-0.1, -0.05) is 23.7 Å². The molecule has 1 aliphatic rings. The molecule has 1 saturated heterocycles. The third-order valence-corrected chi connectivity index (χ3v) is 5.61. The van der Waals surface area contributed by atoms with Crippen LogP contribution in [0.15, 0.2) is 55.1 Å². The zero-order chi connectivity index (χ0) is 23.7. The lowest BCUT2D eigenvalue weighted by atomic mass is 10.1. The number of aromatic nitrogens is 5. The number of para-hydroxylation sites is 1. The molecular formula is C22H19ClFN7O3. The van der Waals surface area contributed by atoms with Crippen LogP contribution in [0.2, 0.25) is 5.02 Å². The van der Waals surface area contributed by atoms with Gasteiger partial charge in [-0.2, -0.15) is 5.10 Å². The van der Waals surface area contributed by atoms with Crippen molar-refractivity contribution in [1.29, 1.82) is 0 Å². The third-order valence-electron chi connectivity index (χ3n) is 5.30. The summed E-state index contributed by atoms with van der Waals surface area (Å²) in [6.45, 7) is 1.08. The smallest absolute Gasteiger partial charge is 0.268 e. The van der Waals surface area contributed by atoms with Gasteiger partial charge in [0.15, 0.2) is 11.8 Å². The first-order chi connectivity index (χ1) is 16.5. The van der Waals surface area contributed by atoms with E-state index in [1.165, 1.54) is 29.3 Å². The van der Waals surface area contributed by atoms with Crippen LogP contribution >= 0.6 is 11.6 Å². The van der Waals surface area contributed by atoms with Gasteiger partial charge in [0.25, 0.3) is 5.91 Å². The molecule has 174 valence electrons. The van der Waals surface area contributed by atoms with E-state index in [4.69, 9.17) is 16.3 Å². The van der Waals surface area contributed by atoms with Crippen molar-refractivity contribution in [2.75, 3.05) is 25.0 Å². The van der Waals surface area contributed by atoms with E-state index in [1.54, 1.807) is 30.5 Å². The van der Waals surface area contributed by atoms with Crippen LogP contribution in [0, 0.1) is 5.82 Å². The quantitative estimate of drug-likeness (QED) is 0.410. The number of rotatable bonds is 7. The van der Waals surface area contributed by atoms with Crippen molar-refractivity contribution in [3.05, 3.63) is 66.0 Å². The Bertz CT molecular complexity index is 1310. The Kier molecular flexibility index (Phi) is 6.05. The number of anilines is 1. The molecule has 0 spiro atoms. The van der Waals surface area contributed by atoms with Gasteiger partial charge in [-0.05, 0) is 24.3 Å². The lowest BCUT2D eigenvalue weighted by molar-refractivity contribution is -0.125. The van der Waals surface area contributed by atoms with Crippen molar-refractivity contribution in [3.8, 4) is 11.6 Å². The molecule has 0 saturated carbocycles. The topological polar surface area (TPSA) is 118 Å². The van der Waals surface area contributed by atoms with E-state index in [1.807, 2.05) is 4.90 Å². The number of aliphatic hydroxyl groups excluding tert-OH is 1. The number of likely N-dealkylation sites (tertiary alicyclic amines) is 1. The van der Waals surface area contributed by atoms with Gasteiger partial charge in [-0.3, -0.25) is 9.69 Å². The lowest BCUT2D eigenvalue weighted by Gasteiger charge is -2.37.